The Kier molecular flexibility index (Phi) is 4.66. The van der Waals surface area contributed by atoms with Crippen LogP contribution in [-0.2, 0) is 6.54 Å². The van der Waals surface area contributed by atoms with E-state index in [0.29, 0.717) is 5.92 Å². The largest absolute Gasteiger partial charge is 0.334 e. The number of rotatable bonds is 6. The Labute approximate surface area is 86.3 Å². The summed E-state index contributed by atoms with van der Waals surface area (Å²) >= 11 is 0. The molecule has 3 heteroatoms. The van der Waals surface area contributed by atoms with E-state index in [4.69, 9.17) is 5.73 Å². The first kappa shape index (κ1) is 11.2. The molecular formula is C11H21N3. The van der Waals surface area contributed by atoms with Crippen molar-refractivity contribution in [1.82, 2.24) is 9.55 Å². The molecule has 0 aromatic carbocycles. The lowest BCUT2D eigenvalue weighted by molar-refractivity contribution is 0.551. The highest BCUT2D eigenvalue weighted by atomic mass is 15.0. The standard InChI is InChI=1S/C11H21N3/c1-3-10(4-2)11-8-13-9-14(11)7-5-6-12/h8-10H,3-7,12H2,1-2H3. The van der Waals surface area contributed by atoms with Gasteiger partial charge in [0.05, 0.1) is 6.33 Å². The van der Waals surface area contributed by atoms with Gasteiger partial charge in [0.15, 0.2) is 0 Å². The monoisotopic (exact) mass is 195 g/mol. The van der Waals surface area contributed by atoms with Crippen molar-refractivity contribution in [2.75, 3.05) is 6.54 Å². The zero-order valence-electron chi connectivity index (χ0n) is 9.24. The van der Waals surface area contributed by atoms with Crippen molar-refractivity contribution in [1.29, 1.82) is 0 Å². The highest BCUT2D eigenvalue weighted by molar-refractivity contribution is 5.05. The highest BCUT2D eigenvalue weighted by Gasteiger charge is 2.11. The van der Waals surface area contributed by atoms with Crippen molar-refractivity contribution in [3.63, 3.8) is 0 Å². The second-order valence-electron chi connectivity index (χ2n) is 3.67. The van der Waals surface area contributed by atoms with Gasteiger partial charge in [0.2, 0.25) is 0 Å². The van der Waals surface area contributed by atoms with Gasteiger partial charge in [-0.25, -0.2) is 4.98 Å². The first-order valence-corrected chi connectivity index (χ1v) is 5.53. The van der Waals surface area contributed by atoms with Crippen LogP contribution >= 0.6 is 0 Å². The van der Waals surface area contributed by atoms with Gasteiger partial charge >= 0.3 is 0 Å². The highest BCUT2D eigenvalue weighted by Crippen LogP contribution is 2.22. The third-order valence-corrected chi connectivity index (χ3v) is 2.75. The Balaban J connectivity index is 2.69. The molecule has 0 spiro atoms. The minimum atomic E-state index is 0.648. The Morgan fingerprint density at radius 3 is 2.71 bits per heavy atom. The second-order valence-corrected chi connectivity index (χ2v) is 3.67. The van der Waals surface area contributed by atoms with Crippen molar-refractivity contribution in [3.8, 4) is 0 Å². The molecule has 0 fully saturated rings. The summed E-state index contributed by atoms with van der Waals surface area (Å²) in [6, 6.07) is 0. The Morgan fingerprint density at radius 1 is 1.43 bits per heavy atom. The van der Waals surface area contributed by atoms with Gasteiger partial charge in [0, 0.05) is 24.4 Å². The van der Waals surface area contributed by atoms with E-state index in [1.807, 2.05) is 12.5 Å². The number of hydrogen-bond acceptors (Lipinski definition) is 2. The van der Waals surface area contributed by atoms with Crippen molar-refractivity contribution >= 4 is 0 Å². The molecule has 2 N–H and O–H groups in total. The van der Waals surface area contributed by atoms with E-state index in [9.17, 15) is 0 Å². The van der Waals surface area contributed by atoms with Gasteiger partial charge in [-0.1, -0.05) is 13.8 Å². The van der Waals surface area contributed by atoms with Gasteiger partial charge in [-0.2, -0.15) is 0 Å². The minimum Gasteiger partial charge on any atom is -0.334 e. The van der Waals surface area contributed by atoms with Crippen LogP contribution in [0.15, 0.2) is 12.5 Å². The van der Waals surface area contributed by atoms with Gasteiger partial charge < -0.3 is 10.3 Å². The fraction of sp³-hybridized carbons (Fsp3) is 0.727. The van der Waals surface area contributed by atoms with Crippen LogP contribution in [0.2, 0.25) is 0 Å². The Hall–Kier alpha value is -0.830. The molecule has 80 valence electrons. The van der Waals surface area contributed by atoms with Gasteiger partial charge in [0.25, 0.3) is 0 Å². The van der Waals surface area contributed by atoms with Crippen LogP contribution in [0.3, 0.4) is 0 Å². The number of aromatic nitrogens is 2. The van der Waals surface area contributed by atoms with Crippen LogP contribution in [0.1, 0.15) is 44.7 Å². The van der Waals surface area contributed by atoms with Gasteiger partial charge in [-0.05, 0) is 25.8 Å². The van der Waals surface area contributed by atoms with E-state index in [2.05, 4.69) is 23.4 Å². The molecular weight excluding hydrogens is 174 g/mol. The Bertz CT molecular complexity index is 251. The van der Waals surface area contributed by atoms with Crippen molar-refractivity contribution in [2.45, 2.75) is 45.6 Å². The Morgan fingerprint density at radius 2 is 2.14 bits per heavy atom. The molecule has 0 aliphatic carbocycles. The molecule has 3 nitrogen and oxygen atoms in total. The van der Waals surface area contributed by atoms with Crippen LogP contribution in [0, 0.1) is 0 Å². The van der Waals surface area contributed by atoms with Crippen LogP contribution < -0.4 is 5.73 Å². The second kappa shape index (κ2) is 5.81. The number of nitrogens with zero attached hydrogens (tertiary/aromatic N) is 2. The van der Waals surface area contributed by atoms with Crippen molar-refractivity contribution in [2.24, 2.45) is 5.73 Å². The molecule has 0 unspecified atom stereocenters. The SMILES string of the molecule is CCC(CC)c1cncn1CCCN. The molecule has 0 saturated heterocycles. The summed E-state index contributed by atoms with van der Waals surface area (Å²) in [5.74, 6) is 0.648. The summed E-state index contributed by atoms with van der Waals surface area (Å²) in [5, 5.41) is 0. The topological polar surface area (TPSA) is 43.8 Å². The third kappa shape index (κ3) is 2.58. The average Bonchev–Trinajstić information content (AvgIpc) is 2.65. The fourth-order valence-electron chi connectivity index (χ4n) is 1.83. The summed E-state index contributed by atoms with van der Waals surface area (Å²) in [5.41, 5.74) is 6.87. The molecule has 1 rings (SSSR count). The summed E-state index contributed by atoms with van der Waals surface area (Å²) in [6.07, 6.45) is 7.32. The molecule has 0 saturated carbocycles. The zero-order chi connectivity index (χ0) is 10.4. The summed E-state index contributed by atoms with van der Waals surface area (Å²) in [7, 11) is 0. The first-order chi connectivity index (χ1) is 6.83. The minimum absolute atomic E-state index is 0.648. The van der Waals surface area contributed by atoms with E-state index in [0.717, 1.165) is 19.5 Å². The quantitative estimate of drug-likeness (QED) is 0.755. The third-order valence-electron chi connectivity index (χ3n) is 2.75. The van der Waals surface area contributed by atoms with Crippen LogP contribution in [0.25, 0.3) is 0 Å². The molecule has 0 aliphatic rings. The summed E-state index contributed by atoms with van der Waals surface area (Å²) in [4.78, 5) is 4.21. The zero-order valence-corrected chi connectivity index (χ0v) is 9.24. The number of imidazole rings is 1. The molecule has 14 heavy (non-hydrogen) atoms. The van der Waals surface area contributed by atoms with Crippen LogP contribution in [0.5, 0.6) is 0 Å². The molecule has 1 heterocycles. The predicted octanol–water partition coefficient (Wildman–Crippen LogP) is 2.14. The number of hydrogen-bond donors (Lipinski definition) is 1. The fourth-order valence-corrected chi connectivity index (χ4v) is 1.83. The van der Waals surface area contributed by atoms with Crippen molar-refractivity contribution < 1.29 is 0 Å². The average molecular weight is 195 g/mol. The predicted molar refractivity (Wildman–Crippen MR) is 59.2 cm³/mol. The van der Waals surface area contributed by atoms with E-state index in [-0.39, 0.29) is 0 Å². The van der Waals surface area contributed by atoms with E-state index < -0.39 is 0 Å². The maximum absolute atomic E-state index is 5.50. The van der Waals surface area contributed by atoms with Gasteiger partial charge in [-0.15, -0.1) is 0 Å². The normalized spacial score (nSPS) is 11.1. The van der Waals surface area contributed by atoms with Gasteiger partial charge in [-0.3, -0.25) is 0 Å². The molecule has 0 radical (unpaired) electrons. The molecule has 0 aliphatic heterocycles. The van der Waals surface area contributed by atoms with Crippen molar-refractivity contribution in [3.05, 3.63) is 18.2 Å². The maximum atomic E-state index is 5.50. The smallest absolute Gasteiger partial charge is 0.0948 e. The number of aryl methyl sites for hydroxylation is 1. The maximum Gasteiger partial charge on any atom is 0.0948 e. The lowest BCUT2D eigenvalue weighted by Crippen LogP contribution is -2.09. The summed E-state index contributed by atoms with van der Waals surface area (Å²) in [6.45, 7) is 6.21. The molecule has 0 atom stereocenters. The first-order valence-electron chi connectivity index (χ1n) is 5.53. The molecule has 1 aromatic rings. The van der Waals surface area contributed by atoms with Crippen LogP contribution in [-0.4, -0.2) is 16.1 Å². The summed E-state index contributed by atoms with van der Waals surface area (Å²) < 4.78 is 2.24. The molecule has 0 amide bonds. The lowest BCUT2D eigenvalue weighted by atomic mass is 10.00. The lowest BCUT2D eigenvalue weighted by Gasteiger charge is -2.15. The van der Waals surface area contributed by atoms with E-state index in [1.54, 1.807) is 0 Å². The van der Waals surface area contributed by atoms with Crippen LogP contribution in [0.4, 0.5) is 0 Å². The van der Waals surface area contributed by atoms with Gasteiger partial charge in [0.1, 0.15) is 0 Å². The van der Waals surface area contributed by atoms with E-state index >= 15 is 0 Å². The van der Waals surface area contributed by atoms with E-state index in [1.165, 1.54) is 18.5 Å². The number of nitrogens with two attached hydrogens (primary N) is 1. The molecule has 0 bridgehead atoms. The molecule has 1 aromatic heterocycles.